The average molecular weight is 349 g/mol. The zero-order chi connectivity index (χ0) is 18.2. The highest BCUT2D eigenvalue weighted by Gasteiger charge is 2.21. The summed E-state index contributed by atoms with van der Waals surface area (Å²) < 4.78 is 10.0. The lowest BCUT2D eigenvalue weighted by Crippen LogP contribution is -2.34. The molecule has 4 N–H and O–H groups in total. The number of rotatable bonds is 6. The molecule has 2 amide bonds. The SMILES string of the molecule is COc1cc(C(=O)NCC(=O)C2CCCCC2)ccc1OC(=O)NN. The second kappa shape index (κ2) is 9.03. The number of methoxy groups -OCH3 is 1. The molecule has 1 aromatic rings. The van der Waals surface area contributed by atoms with Gasteiger partial charge in [0.25, 0.3) is 5.91 Å². The van der Waals surface area contributed by atoms with E-state index in [0.717, 1.165) is 25.7 Å². The van der Waals surface area contributed by atoms with E-state index in [1.165, 1.54) is 31.7 Å². The number of nitrogens with one attached hydrogen (secondary N) is 2. The van der Waals surface area contributed by atoms with Crippen molar-refractivity contribution in [3.63, 3.8) is 0 Å². The number of ketones is 1. The van der Waals surface area contributed by atoms with Crippen molar-refractivity contribution in [3.05, 3.63) is 23.8 Å². The van der Waals surface area contributed by atoms with Crippen molar-refractivity contribution in [1.29, 1.82) is 0 Å². The van der Waals surface area contributed by atoms with Gasteiger partial charge in [-0.15, -0.1) is 0 Å². The van der Waals surface area contributed by atoms with Crippen LogP contribution < -0.4 is 26.1 Å². The van der Waals surface area contributed by atoms with Gasteiger partial charge in [-0.2, -0.15) is 0 Å². The number of hydrazine groups is 1. The summed E-state index contributed by atoms with van der Waals surface area (Å²) in [5, 5.41) is 2.63. The molecule has 25 heavy (non-hydrogen) atoms. The minimum atomic E-state index is -0.853. The van der Waals surface area contributed by atoms with E-state index >= 15 is 0 Å². The van der Waals surface area contributed by atoms with Crippen LogP contribution in [0.2, 0.25) is 0 Å². The smallest absolute Gasteiger partial charge is 0.427 e. The number of nitrogens with two attached hydrogens (primary N) is 1. The fraction of sp³-hybridized carbons (Fsp3) is 0.471. The molecule has 1 aromatic carbocycles. The van der Waals surface area contributed by atoms with Crippen LogP contribution in [0.5, 0.6) is 11.5 Å². The first-order valence-corrected chi connectivity index (χ1v) is 8.22. The molecule has 1 aliphatic rings. The van der Waals surface area contributed by atoms with E-state index in [0.29, 0.717) is 5.56 Å². The van der Waals surface area contributed by atoms with Crippen LogP contribution in [0, 0.1) is 5.92 Å². The van der Waals surface area contributed by atoms with Crippen LogP contribution in [0.1, 0.15) is 42.5 Å². The van der Waals surface area contributed by atoms with Gasteiger partial charge in [0.15, 0.2) is 17.3 Å². The molecular weight excluding hydrogens is 326 g/mol. The molecule has 0 aliphatic heterocycles. The van der Waals surface area contributed by atoms with Gasteiger partial charge in [0, 0.05) is 11.5 Å². The second-order valence-electron chi connectivity index (χ2n) is 5.88. The van der Waals surface area contributed by atoms with Gasteiger partial charge in [0.1, 0.15) is 0 Å². The van der Waals surface area contributed by atoms with Gasteiger partial charge in [-0.25, -0.2) is 10.6 Å². The van der Waals surface area contributed by atoms with E-state index in [1.807, 2.05) is 5.43 Å². The Morgan fingerprint density at radius 3 is 2.52 bits per heavy atom. The fourth-order valence-electron chi connectivity index (χ4n) is 2.86. The van der Waals surface area contributed by atoms with Crippen molar-refractivity contribution < 1.29 is 23.9 Å². The van der Waals surface area contributed by atoms with Crippen molar-refractivity contribution in [3.8, 4) is 11.5 Å². The third kappa shape index (κ3) is 5.18. The average Bonchev–Trinajstić information content (AvgIpc) is 2.66. The van der Waals surface area contributed by atoms with Gasteiger partial charge in [-0.1, -0.05) is 19.3 Å². The van der Waals surface area contributed by atoms with Crippen LogP contribution in [-0.4, -0.2) is 31.4 Å². The summed E-state index contributed by atoms with van der Waals surface area (Å²) in [6, 6.07) is 4.33. The Labute approximate surface area is 146 Å². The van der Waals surface area contributed by atoms with E-state index < -0.39 is 12.0 Å². The predicted molar refractivity (Wildman–Crippen MR) is 90.3 cm³/mol. The first-order chi connectivity index (χ1) is 12.0. The van der Waals surface area contributed by atoms with Gasteiger partial charge in [0.05, 0.1) is 13.7 Å². The highest BCUT2D eigenvalue weighted by atomic mass is 16.6. The van der Waals surface area contributed by atoms with E-state index in [-0.39, 0.29) is 29.7 Å². The number of benzene rings is 1. The number of carbonyl (C=O) groups is 3. The van der Waals surface area contributed by atoms with Crippen molar-refractivity contribution >= 4 is 17.8 Å². The number of amides is 2. The Kier molecular flexibility index (Phi) is 6.76. The molecule has 2 rings (SSSR count). The first kappa shape index (κ1) is 18.7. The number of ether oxygens (including phenoxy) is 2. The maximum Gasteiger partial charge on any atom is 0.427 e. The van der Waals surface area contributed by atoms with Gasteiger partial charge in [0.2, 0.25) is 0 Å². The largest absolute Gasteiger partial charge is 0.493 e. The summed E-state index contributed by atoms with van der Waals surface area (Å²) in [7, 11) is 1.39. The topological polar surface area (TPSA) is 120 Å². The van der Waals surface area contributed by atoms with Crippen LogP contribution in [0.3, 0.4) is 0 Å². The van der Waals surface area contributed by atoms with Crippen LogP contribution in [0.25, 0.3) is 0 Å². The Bertz CT molecular complexity index is 641. The molecule has 0 radical (unpaired) electrons. The minimum Gasteiger partial charge on any atom is -0.493 e. The lowest BCUT2D eigenvalue weighted by atomic mass is 9.86. The number of hydrogen-bond donors (Lipinski definition) is 3. The quantitative estimate of drug-likeness (QED) is 0.407. The molecule has 1 aliphatic carbocycles. The highest BCUT2D eigenvalue weighted by Crippen LogP contribution is 2.28. The van der Waals surface area contributed by atoms with Gasteiger partial charge in [-0.3, -0.25) is 15.0 Å². The fourth-order valence-corrected chi connectivity index (χ4v) is 2.86. The van der Waals surface area contributed by atoms with Crippen LogP contribution in [-0.2, 0) is 4.79 Å². The summed E-state index contributed by atoms with van der Waals surface area (Å²) in [6.45, 7) is 0.0135. The number of hydrogen-bond acceptors (Lipinski definition) is 6. The second-order valence-corrected chi connectivity index (χ2v) is 5.88. The molecule has 8 heteroatoms. The first-order valence-electron chi connectivity index (χ1n) is 8.22. The van der Waals surface area contributed by atoms with E-state index in [9.17, 15) is 14.4 Å². The maximum absolute atomic E-state index is 12.2. The summed E-state index contributed by atoms with van der Waals surface area (Å²) >= 11 is 0. The van der Waals surface area contributed by atoms with Crippen molar-refractivity contribution in [2.75, 3.05) is 13.7 Å². The van der Waals surface area contributed by atoms with Gasteiger partial charge in [-0.05, 0) is 31.0 Å². The molecular formula is C17H23N3O5. The number of Topliss-reactive ketones (excluding diaryl/α,β-unsaturated/α-hetero) is 1. The summed E-state index contributed by atoms with van der Waals surface area (Å²) in [5.74, 6) is 5.01. The number of carbonyl (C=O) groups excluding carboxylic acids is 3. The van der Waals surface area contributed by atoms with Gasteiger partial charge < -0.3 is 14.8 Å². The van der Waals surface area contributed by atoms with Crippen LogP contribution in [0.4, 0.5) is 4.79 Å². The molecule has 0 bridgehead atoms. The van der Waals surface area contributed by atoms with Gasteiger partial charge >= 0.3 is 6.09 Å². The van der Waals surface area contributed by atoms with E-state index in [1.54, 1.807) is 0 Å². The zero-order valence-corrected chi connectivity index (χ0v) is 14.2. The lowest BCUT2D eigenvalue weighted by Gasteiger charge is -2.20. The molecule has 8 nitrogen and oxygen atoms in total. The van der Waals surface area contributed by atoms with Crippen LogP contribution >= 0.6 is 0 Å². The highest BCUT2D eigenvalue weighted by molar-refractivity contribution is 5.97. The molecule has 0 spiro atoms. The van der Waals surface area contributed by atoms with Crippen molar-refractivity contribution in [1.82, 2.24) is 10.7 Å². The Morgan fingerprint density at radius 2 is 1.88 bits per heavy atom. The van der Waals surface area contributed by atoms with Crippen LogP contribution in [0.15, 0.2) is 18.2 Å². The maximum atomic E-state index is 12.2. The lowest BCUT2D eigenvalue weighted by molar-refractivity contribution is -0.122. The third-order valence-corrected chi connectivity index (χ3v) is 4.23. The van der Waals surface area contributed by atoms with E-state index in [2.05, 4.69) is 5.32 Å². The Morgan fingerprint density at radius 1 is 1.16 bits per heavy atom. The van der Waals surface area contributed by atoms with E-state index in [4.69, 9.17) is 15.3 Å². The molecule has 1 fully saturated rings. The molecule has 1 saturated carbocycles. The standard InChI is InChI=1S/C17H23N3O5/c1-24-15-9-12(7-8-14(15)25-17(23)20-18)16(22)19-10-13(21)11-5-3-2-4-6-11/h7-9,11H,2-6,10,18H2,1H3,(H,19,22)(H,20,23). The molecule has 0 atom stereocenters. The predicted octanol–water partition coefficient (Wildman–Crippen LogP) is 1.54. The normalized spacial score (nSPS) is 14.5. The summed E-state index contributed by atoms with van der Waals surface area (Å²) in [5.41, 5.74) is 2.13. The molecule has 0 saturated heterocycles. The van der Waals surface area contributed by atoms with Crippen molar-refractivity contribution in [2.45, 2.75) is 32.1 Å². The molecule has 0 unspecified atom stereocenters. The Hall–Kier alpha value is -2.61. The molecule has 136 valence electrons. The summed E-state index contributed by atoms with van der Waals surface area (Å²) in [6.07, 6.45) is 4.26. The summed E-state index contributed by atoms with van der Waals surface area (Å²) in [4.78, 5) is 35.5. The Balaban J connectivity index is 1.96. The van der Waals surface area contributed by atoms with Crippen molar-refractivity contribution in [2.24, 2.45) is 11.8 Å². The molecule has 0 heterocycles. The minimum absolute atomic E-state index is 0.0135. The zero-order valence-electron chi connectivity index (χ0n) is 14.2. The molecule has 0 aromatic heterocycles. The third-order valence-electron chi connectivity index (χ3n) is 4.23. The monoisotopic (exact) mass is 349 g/mol.